The second-order valence-electron chi connectivity index (χ2n) is 5.58. The van der Waals surface area contributed by atoms with Crippen LogP contribution in [0.25, 0.3) is 0 Å². The van der Waals surface area contributed by atoms with Crippen LogP contribution in [0.1, 0.15) is 42.5 Å². The zero-order valence-electron chi connectivity index (χ0n) is 12.2. The number of hydrogen-bond donors (Lipinski definition) is 1. The van der Waals surface area contributed by atoms with Crippen LogP contribution in [0.5, 0.6) is 0 Å². The Morgan fingerprint density at radius 1 is 1.22 bits per heavy atom. The van der Waals surface area contributed by atoms with Crippen LogP contribution in [0.4, 0.5) is 0 Å². The van der Waals surface area contributed by atoms with Crippen molar-refractivity contribution in [1.82, 2.24) is 10.2 Å². The molecule has 100 valence electrons. The molecule has 0 bridgehead atoms. The molecule has 0 aromatic heterocycles. The Kier molecular flexibility index (Phi) is 4.41. The molecule has 1 N–H and O–H groups in total. The molecule has 0 radical (unpaired) electrons. The van der Waals surface area contributed by atoms with Crippen LogP contribution < -0.4 is 5.32 Å². The quantitative estimate of drug-likeness (QED) is 0.830. The van der Waals surface area contributed by atoms with Gasteiger partial charge in [0, 0.05) is 18.6 Å². The fourth-order valence-corrected chi connectivity index (χ4v) is 2.79. The van der Waals surface area contributed by atoms with E-state index >= 15 is 0 Å². The van der Waals surface area contributed by atoms with E-state index in [1.54, 1.807) is 0 Å². The van der Waals surface area contributed by atoms with Gasteiger partial charge in [0.2, 0.25) is 0 Å². The molecule has 1 fully saturated rings. The summed E-state index contributed by atoms with van der Waals surface area (Å²) in [5.74, 6) is 0. The topological polar surface area (TPSA) is 15.3 Å². The standard InChI is InChI=1S/C16H26N2/c1-5-18(15-6-7-15)11-16(17-4)14-9-12(2)8-13(3)10-14/h8-10,15-17H,5-7,11H2,1-4H3. The average Bonchev–Trinajstić information content (AvgIpc) is 3.13. The highest BCUT2D eigenvalue weighted by Gasteiger charge is 2.29. The van der Waals surface area contributed by atoms with Gasteiger partial charge in [-0.1, -0.05) is 36.2 Å². The van der Waals surface area contributed by atoms with E-state index in [0.717, 1.165) is 19.1 Å². The maximum absolute atomic E-state index is 3.48. The first-order valence-electron chi connectivity index (χ1n) is 7.13. The van der Waals surface area contributed by atoms with Crippen molar-refractivity contribution in [1.29, 1.82) is 0 Å². The molecule has 2 nitrogen and oxygen atoms in total. The molecule has 2 rings (SSSR count). The SMILES string of the molecule is CCN(CC(NC)c1cc(C)cc(C)c1)C1CC1. The molecule has 1 atom stereocenters. The minimum absolute atomic E-state index is 0.448. The summed E-state index contributed by atoms with van der Waals surface area (Å²) in [4.78, 5) is 2.61. The van der Waals surface area contributed by atoms with Crippen LogP contribution in [0, 0.1) is 13.8 Å². The van der Waals surface area contributed by atoms with E-state index in [1.807, 2.05) is 0 Å². The van der Waals surface area contributed by atoms with Crippen LogP contribution in [0.2, 0.25) is 0 Å². The van der Waals surface area contributed by atoms with Crippen molar-refractivity contribution < 1.29 is 0 Å². The van der Waals surface area contributed by atoms with Crippen molar-refractivity contribution in [3.8, 4) is 0 Å². The molecule has 1 aliphatic carbocycles. The van der Waals surface area contributed by atoms with Gasteiger partial charge in [-0.3, -0.25) is 4.90 Å². The van der Waals surface area contributed by atoms with Gasteiger partial charge in [0.1, 0.15) is 0 Å². The Labute approximate surface area is 111 Å². The minimum atomic E-state index is 0.448. The predicted molar refractivity (Wildman–Crippen MR) is 78.0 cm³/mol. The fraction of sp³-hybridized carbons (Fsp3) is 0.625. The molecule has 0 aliphatic heterocycles. The van der Waals surface area contributed by atoms with E-state index in [1.165, 1.54) is 29.5 Å². The molecule has 0 spiro atoms. The molecule has 1 aromatic carbocycles. The van der Waals surface area contributed by atoms with Crippen molar-refractivity contribution in [2.45, 2.75) is 45.7 Å². The number of nitrogens with one attached hydrogen (secondary N) is 1. The lowest BCUT2D eigenvalue weighted by atomic mass is 10.0. The number of nitrogens with zero attached hydrogens (tertiary/aromatic N) is 1. The summed E-state index contributed by atoms with van der Waals surface area (Å²) in [7, 11) is 2.07. The van der Waals surface area contributed by atoms with Crippen LogP contribution in [0.3, 0.4) is 0 Å². The van der Waals surface area contributed by atoms with E-state index in [0.29, 0.717) is 6.04 Å². The van der Waals surface area contributed by atoms with Crippen LogP contribution in [-0.2, 0) is 0 Å². The summed E-state index contributed by atoms with van der Waals surface area (Å²) in [6.07, 6.45) is 2.77. The van der Waals surface area contributed by atoms with E-state index < -0.39 is 0 Å². The Bertz CT molecular complexity index is 376. The van der Waals surface area contributed by atoms with E-state index in [2.05, 4.69) is 56.2 Å². The summed E-state index contributed by atoms with van der Waals surface area (Å²) in [6, 6.07) is 8.17. The van der Waals surface area contributed by atoms with Crippen molar-refractivity contribution in [3.63, 3.8) is 0 Å². The van der Waals surface area contributed by atoms with Gasteiger partial charge >= 0.3 is 0 Å². The van der Waals surface area contributed by atoms with Crippen molar-refractivity contribution in [3.05, 3.63) is 34.9 Å². The fourth-order valence-electron chi connectivity index (χ4n) is 2.79. The summed E-state index contributed by atoms with van der Waals surface area (Å²) in [5.41, 5.74) is 4.15. The molecule has 1 unspecified atom stereocenters. The average molecular weight is 246 g/mol. The third-order valence-electron chi connectivity index (χ3n) is 3.88. The van der Waals surface area contributed by atoms with E-state index in [-0.39, 0.29) is 0 Å². The second kappa shape index (κ2) is 5.85. The van der Waals surface area contributed by atoms with Crippen LogP contribution >= 0.6 is 0 Å². The highest BCUT2D eigenvalue weighted by Crippen LogP contribution is 2.28. The van der Waals surface area contributed by atoms with E-state index in [4.69, 9.17) is 0 Å². The summed E-state index contributed by atoms with van der Waals surface area (Å²) < 4.78 is 0. The number of aryl methyl sites for hydroxylation is 2. The number of hydrogen-bond acceptors (Lipinski definition) is 2. The summed E-state index contributed by atoms with van der Waals surface area (Å²) in [6.45, 7) is 8.92. The van der Waals surface area contributed by atoms with Gasteiger partial charge < -0.3 is 5.32 Å². The van der Waals surface area contributed by atoms with E-state index in [9.17, 15) is 0 Å². The Balaban J connectivity index is 2.11. The van der Waals surface area contributed by atoms with Crippen LogP contribution in [0.15, 0.2) is 18.2 Å². The first kappa shape index (κ1) is 13.6. The largest absolute Gasteiger partial charge is 0.312 e. The van der Waals surface area contributed by atoms with Gasteiger partial charge in [-0.15, -0.1) is 0 Å². The molecule has 1 aliphatic rings. The van der Waals surface area contributed by atoms with Gasteiger partial charge in [-0.2, -0.15) is 0 Å². The van der Waals surface area contributed by atoms with Crippen molar-refractivity contribution >= 4 is 0 Å². The highest BCUT2D eigenvalue weighted by atomic mass is 15.2. The maximum atomic E-state index is 3.48. The molecule has 0 saturated heterocycles. The number of rotatable bonds is 6. The Morgan fingerprint density at radius 3 is 2.28 bits per heavy atom. The Hall–Kier alpha value is -0.860. The number of benzene rings is 1. The lowest BCUT2D eigenvalue weighted by molar-refractivity contribution is 0.248. The van der Waals surface area contributed by atoms with Gasteiger partial charge in [0.15, 0.2) is 0 Å². The normalized spacial score (nSPS) is 17.2. The number of likely N-dealkylation sites (N-methyl/N-ethyl adjacent to an activating group) is 2. The summed E-state index contributed by atoms with van der Waals surface area (Å²) >= 11 is 0. The molecule has 2 heteroatoms. The van der Waals surface area contributed by atoms with Crippen molar-refractivity contribution in [2.24, 2.45) is 0 Å². The smallest absolute Gasteiger partial charge is 0.0447 e. The maximum Gasteiger partial charge on any atom is 0.0447 e. The first-order chi connectivity index (χ1) is 8.63. The van der Waals surface area contributed by atoms with Gasteiger partial charge in [0.25, 0.3) is 0 Å². The third kappa shape index (κ3) is 3.33. The second-order valence-corrected chi connectivity index (χ2v) is 5.58. The molecule has 18 heavy (non-hydrogen) atoms. The molecule has 0 heterocycles. The molecule has 1 aromatic rings. The monoisotopic (exact) mass is 246 g/mol. The molecule has 0 amide bonds. The lowest BCUT2D eigenvalue weighted by Crippen LogP contribution is -2.35. The lowest BCUT2D eigenvalue weighted by Gasteiger charge is -2.27. The third-order valence-corrected chi connectivity index (χ3v) is 3.88. The van der Waals surface area contributed by atoms with Gasteiger partial charge in [-0.05, 0) is 45.8 Å². The predicted octanol–water partition coefficient (Wildman–Crippen LogP) is 3.05. The zero-order chi connectivity index (χ0) is 13.1. The minimum Gasteiger partial charge on any atom is -0.312 e. The van der Waals surface area contributed by atoms with Gasteiger partial charge in [-0.25, -0.2) is 0 Å². The van der Waals surface area contributed by atoms with Crippen LogP contribution in [-0.4, -0.2) is 31.1 Å². The molecular formula is C16H26N2. The van der Waals surface area contributed by atoms with Crippen molar-refractivity contribution in [2.75, 3.05) is 20.1 Å². The highest BCUT2D eigenvalue weighted by molar-refractivity contribution is 5.31. The van der Waals surface area contributed by atoms with Gasteiger partial charge in [0.05, 0.1) is 0 Å². The molecular weight excluding hydrogens is 220 g/mol. The zero-order valence-corrected chi connectivity index (χ0v) is 12.2. The summed E-state index contributed by atoms with van der Waals surface area (Å²) in [5, 5.41) is 3.48. The first-order valence-corrected chi connectivity index (χ1v) is 7.13. The Morgan fingerprint density at radius 2 is 1.83 bits per heavy atom. The molecule has 1 saturated carbocycles.